The number of benzene rings is 18. The van der Waals surface area contributed by atoms with Crippen LogP contribution in [0.25, 0.3) is 186 Å². The van der Waals surface area contributed by atoms with E-state index in [4.69, 9.17) is 0 Å². The predicted octanol–water partition coefficient (Wildman–Crippen LogP) is 24.8. The average Bonchev–Trinajstić information content (AvgIpc) is 0.748. The minimum absolute atomic E-state index is 1.18. The van der Waals surface area contributed by atoms with Crippen molar-refractivity contribution in [1.82, 2.24) is 4.98 Å². The molecule has 0 aliphatic heterocycles. The van der Waals surface area contributed by atoms with Crippen molar-refractivity contribution in [1.29, 1.82) is 0 Å². The van der Waals surface area contributed by atoms with E-state index in [0.29, 0.717) is 0 Å². The maximum atomic E-state index is 4.15. The second-order valence-corrected chi connectivity index (χ2v) is 24.1. The first-order chi connectivity index (χ1) is 44.6. The SMILES string of the molecule is c1ccc(-c2cc(-c3cc(-c4cccc5cc6ccccc6cc45)c4ccc5cccc6ccc3c4c56)c3cc4ccccc4cc3c2)cc1.c1ccc(-c2ccc(-c3ccc4ccc5c(-c6ccc(-c7ccncc7)cc6)ccc6ccc3c4c65)cc2)cc1. The molecule has 0 atom stereocenters. The molecule has 90 heavy (non-hydrogen) atoms. The summed E-state index contributed by atoms with van der Waals surface area (Å²) in [6.45, 7) is 0. The first kappa shape index (κ1) is 51.5. The molecule has 0 unspecified atom stereocenters. The number of rotatable bonds is 7. The fourth-order valence-electron chi connectivity index (χ4n) is 14.7. The van der Waals surface area contributed by atoms with E-state index in [1.165, 1.54) is 186 Å². The lowest BCUT2D eigenvalue weighted by Gasteiger charge is -2.20. The third-order valence-corrected chi connectivity index (χ3v) is 19.1. The molecule has 0 fully saturated rings. The number of pyridine rings is 1. The highest BCUT2D eigenvalue weighted by atomic mass is 14.6. The summed E-state index contributed by atoms with van der Waals surface area (Å²) < 4.78 is 0. The van der Waals surface area contributed by atoms with E-state index in [9.17, 15) is 0 Å². The summed E-state index contributed by atoms with van der Waals surface area (Å²) in [6.07, 6.45) is 3.69. The van der Waals surface area contributed by atoms with Gasteiger partial charge in [0.15, 0.2) is 0 Å². The summed E-state index contributed by atoms with van der Waals surface area (Å²) in [5, 5.41) is 25.8. The van der Waals surface area contributed by atoms with E-state index in [1.54, 1.807) is 0 Å². The molecule has 19 rings (SSSR count). The molecule has 416 valence electrons. The van der Waals surface area contributed by atoms with Gasteiger partial charge >= 0.3 is 0 Å². The Morgan fingerprint density at radius 1 is 0.144 bits per heavy atom. The van der Waals surface area contributed by atoms with E-state index < -0.39 is 0 Å². The fraction of sp³-hybridized carbons (Fsp3) is 0. The second-order valence-electron chi connectivity index (χ2n) is 24.1. The van der Waals surface area contributed by atoms with Crippen molar-refractivity contribution in [2.45, 2.75) is 0 Å². The van der Waals surface area contributed by atoms with Gasteiger partial charge in [-0.2, -0.15) is 0 Å². The Labute approximate surface area is 521 Å². The Balaban J connectivity index is 0.000000137. The Morgan fingerprint density at radius 3 is 1.06 bits per heavy atom. The van der Waals surface area contributed by atoms with Crippen molar-refractivity contribution < 1.29 is 0 Å². The monoisotopic (exact) mass is 1140 g/mol. The highest BCUT2D eigenvalue weighted by Gasteiger charge is 2.21. The van der Waals surface area contributed by atoms with E-state index in [0.717, 1.165) is 0 Å². The minimum Gasteiger partial charge on any atom is -0.265 e. The molecule has 0 radical (unpaired) electrons. The van der Waals surface area contributed by atoms with Gasteiger partial charge in [-0.3, -0.25) is 4.98 Å². The van der Waals surface area contributed by atoms with Gasteiger partial charge in [0.1, 0.15) is 0 Å². The van der Waals surface area contributed by atoms with Crippen LogP contribution >= 0.6 is 0 Å². The summed E-state index contributed by atoms with van der Waals surface area (Å²) in [7, 11) is 0. The van der Waals surface area contributed by atoms with Crippen molar-refractivity contribution >= 4 is 108 Å². The van der Waals surface area contributed by atoms with Crippen LogP contribution in [0.15, 0.2) is 334 Å². The third-order valence-electron chi connectivity index (χ3n) is 19.1. The normalized spacial score (nSPS) is 11.8. The topological polar surface area (TPSA) is 12.9 Å². The molecular formula is C89H55N. The Bertz CT molecular complexity index is 5800. The lowest BCUT2D eigenvalue weighted by atomic mass is 9.83. The number of nitrogens with zero attached hydrogens (tertiary/aromatic N) is 1. The van der Waals surface area contributed by atoms with Crippen LogP contribution in [-0.4, -0.2) is 4.98 Å². The van der Waals surface area contributed by atoms with Gasteiger partial charge in [-0.1, -0.05) is 267 Å². The molecule has 0 aliphatic rings. The Kier molecular flexibility index (Phi) is 12.0. The molecule has 0 amide bonds. The lowest BCUT2D eigenvalue weighted by molar-refractivity contribution is 1.33. The molecule has 18 aromatic carbocycles. The van der Waals surface area contributed by atoms with Gasteiger partial charge in [-0.15, -0.1) is 0 Å². The lowest BCUT2D eigenvalue weighted by Crippen LogP contribution is -1.93. The van der Waals surface area contributed by atoms with Crippen molar-refractivity contribution in [3.63, 3.8) is 0 Å². The van der Waals surface area contributed by atoms with E-state index in [2.05, 4.69) is 327 Å². The van der Waals surface area contributed by atoms with Gasteiger partial charge < -0.3 is 0 Å². The van der Waals surface area contributed by atoms with Crippen molar-refractivity contribution in [2.24, 2.45) is 0 Å². The molecule has 1 heterocycles. The van der Waals surface area contributed by atoms with Crippen LogP contribution in [-0.2, 0) is 0 Å². The molecule has 1 heteroatoms. The molecular weight excluding hydrogens is 1080 g/mol. The van der Waals surface area contributed by atoms with Crippen LogP contribution in [0.5, 0.6) is 0 Å². The molecule has 1 aromatic heterocycles. The van der Waals surface area contributed by atoms with Crippen molar-refractivity contribution in [2.75, 3.05) is 0 Å². The zero-order valence-electron chi connectivity index (χ0n) is 49.2. The minimum atomic E-state index is 1.18. The quantitative estimate of drug-likeness (QED) is 0.114. The van der Waals surface area contributed by atoms with Gasteiger partial charge in [0.25, 0.3) is 0 Å². The van der Waals surface area contributed by atoms with Gasteiger partial charge in [0, 0.05) is 12.4 Å². The van der Waals surface area contributed by atoms with Crippen molar-refractivity contribution in [3.8, 4) is 77.9 Å². The molecule has 0 spiro atoms. The summed E-state index contributed by atoms with van der Waals surface area (Å²) in [6, 6.07) is 119. The van der Waals surface area contributed by atoms with Gasteiger partial charge in [-0.05, 0) is 240 Å². The maximum Gasteiger partial charge on any atom is 0.0273 e. The van der Waals surface area contributed by atoms with Crippen LogP contribution < -0.4 is 0 Å². The first-order valence-corrected chi connectivity index (χ1v) is 31.1. The molecule has 0 bridgehead atoms. The van der Waals surface area contributed by atoms with E-state index in [-0.39, 0.29) is 0 Å². The summed E-state index contributed by atoms with van der Waals surface area (Å²) in [4.78, 5) is 4.15. The predicted molar refractivity (Wildman–Crippen MR) is 386 cm³/mol. The highest BCUT2D eigenvalue weighted by molar-refractivity contribution is 6.31. The number of hydrogen-bond acceptors (Lipinski definition) is 1. The van der Waals surface area contributed by atoms with Crippen LogP contribution in [0.4, 0.5) is 0 Å². The fourth-order valence-corrected chi connectivity index (χ4v) is 14.7. The third kappa shape index (κ3) is 8.58. The first-order valence-electron chi connectivity index (χ1n) is 31.1. The zero-order chi connectivity index (χ0) is 59.2. The standard InChI is InChI=1S/C50H30.C39H25N/c1-2-10-31(11-3-1)39-26-40-25-35-13-5-7-15-37(35)28-45(40)46(29-39)48-30-47(41-19-9-18-38-24-34-12-4-6-14-36(34)27-44(38)41)42-22-20-32-16-8-17-33-21-23-43(48)50(42)49(32)33;1-2-4-26(5-3-1)27-6-10-30(11-7-27)34-18-14-32-17-21-37-35(19-15-33-16-20-36(34)38(32)39(33)37)31-12-8-28(9-13-31)29-22-24-40-25-23-29/h1-30H;1-25H. The summed E-state index contributed by atoms with van der Waals surface area (Å²) in [5.74, 6) is 0. The Morgan fingerprint density at radius 2 is 0.511 bits per heavy atom. The van der Waals surface area contributed by atoms with Gasteiger partial charge in [-0.25, -0.2) is 0 Å². The van der Waals surface area contributed by atoms with Crippen LogP contribution in [0.2, 0.25) is 0 Å². The molecule has 1 nitrogen and oxygen atoms in total. The van der Waals surface area contributed by atoms with E-state index >= 15 is 0 Å². The summed E-state index contributed by atoms with van der Waals surface area (Å²) >= 11 is 0. The van der Waals surface area contributed by atoms with Crippen molar-refractivity contribution in [3.05, 3.63) is 334 Å². The van der Waals surface area contributed by atoms with Gasteiger partial charge in [0.2, 0.25) is 0 Å². The molecule has 0 saturated heterocycles. The van der Waals surface area contributed by atoms with Crippen LogP contribution in [0.3, 0.4) is 0 Å². The number of aromatic nitrogens is 1. The molecule has 19 aromatic rings. The number of hydrogen-bond donors (Lipinski definition) is 0. The highest BCUT2D eigenvalue weighted by Crippen LogP contribution is 2.49. The molecule has 0 aliphatic carbocycles. The smallest absolute Gasteiger partial charge is 0.0273 e. The molecule has 0 saturated carbocycles. The van der Waals surface area contributed by atoms with Crippen LogP contribution in [0, 0.1) is 0 Å². The Hall–Kier alpha value is -11.8. The van der Waals surface area contributed by atoms with E-state index in [1.807, 2.05) is 12.4 Å². The van der Waals surface area contributed by atoms with Gasteiger partial charge in [0.05, 0.1) is 0 Å². The zero-order valence-corrected chi connectivity index (χ0v) is 49.2. The largest absolute Gasteiger partial charge is 0.265 e. The average molecular weight is 1140 g/mol. The van der Waals surface area contributed by atoms with Crippen LogP contribution in [0.1, 0.15) is 0 Å². The second kappa shape index (κ2) is 21.0. The maximum absolute atomic E-state index is 4.15. The summed E-state index contributed by atoms with van der Waals surface area (Å²) in [5.41, 5.74) is 17.4. The number of fused-ring (bicyclic) bond motifs is 4. The molecule has 0 N–H and O–H groups in total.